The Balaban J connectivity index is 1.64. The number of aliphatic hydroxyl groups excluding tert-OH is 1. The van der Waals surface area contributed by atoms with E-state index in [0.717, 1.165) is 16.7 Å². The van der Waals surface area contributed by atoms with Gasteiger partial charge in [0.2, 0.25) is 0 Å². The van der Waals surface area contributed by atoms with Crippen LogP contribution in [0.1, 0.15) is 15.9 Å². The fourth-order valence-corrected chi connectivity index (χ4v) is 3.05. The quantitative estimate of drug-likeness (QED) is 0.511. The highest BCUT2D eigenvalue weighted by Gasteiger charge is 2.10. The number of carbonyl (C=O) groups excluding carboxylic acids is 1. The van der Waals surface area contributed by atoms with E-state index in [0.29, 0.717) is 22.4 Å². The first-order valence-corrected chi connectivity index (χ1v) is 8.71. The molecule has 0 aliphatic heterocycles. The summed E-state index contributed by atoms with van der Waals surface area (Å²) in [4.78, 5) is 31.4. The molecule has 0 aliphatic carbocycles. The minimum Gasteiger partial charge on any atom is -0.392 e. The molecule has 7 nitrogen and oxygen atoms in total. The number of amides is 1. The van der Waals surface area contributed by atoms with Crippen LogP contribution in [0.25, 0.3) is 22.3 Å². The van der Waals surface area contributed by atoms with Gasteiger partial charge in [-0.1, -0.05) is 24.3 Å². The van der Waals surface area contributed by atoms with Gasteiger partial charge < -0.3 is 10.4 Å². The molecule has 2 aromatic heterocycles. The summed E-state index contributed by atoms with van der Waals surface area (Å²) in [5.41, 5.74) is 4.45. The Kier molecular flexibility index (Phi) is 4.50. The number of benzene rings is 2. The van der Waals surface area contributed by atoms with Gasteiger partial charge in [-0.25, -0.2) is 9.78 Å². The molecule has 4 aromatic rings. The molecule has 0 atom stereocenters. The summed E-state index contributed by atoms with van der Waals surface area (Å²) in [6.45, 7) is -0.0870. The number of nitrogens with zero attached hydrogens (tertiary/aromatic N) is 2. The second-order valence-corrected chi connectivity index (χ2v) is 6.47. The molecule has 2 aromatic carbocycles. The Morgan fingerprint density at radius 1 is 1.14 bits per heavy atom. The Morgan fingerprint density at radius 2 is 1.96 bits per heavy atom. The molecule has 3 N–H and O–H groups in total. The van der Waals surface area contributed by atoms with Crippen molar-refractivity contribution in [1.29, 1.82) is 0 Å². The molecule has 1 amide bonds. The average Bonchev–Trinajstić information content (AvgIpc) is 3.01. The van der Waals surface area contributed by atoms with Gasteiger partial charge in [0.1, 0.15) is 0 Å². The van der Waals surface area contributed by atoms with Gasteiger partial charge in [0, 0.05) is 30.1 Å². The van der Waals surface area contributed by atoms with E-state index < -0.39 is 0 Å². The van der Waals surface area contributed by atoms with Crippen molar-refractivity contribution in [2.45, 2.75) is 6.61 Å². The highest BCUT2D eigenvalue weighted by molar-refractivity contribution is 6.05. The summed E-state index contributed by atoms with van der Waals surface area (Å²) in [6, 6.07) is 16.1. The molecule has 0 radical (unpaired) electrons. The van der Waals surface area contributed by atoms with Crippen molar-refractivity contribution < 1.29 is 9.90 Å². The molecule has 0 saturated carbocycles. The number of aromatic amines is 1. The summed E-state index contributed by atoms with van der Waals surface area (Å²) in [5.74, 6) is -0.250. The summed E-state index contributed by atoms with van der Waals surface area (Å²) in [5, 5.41) is 12.1. The zero-order valence-electron chi connectivity index (χ0n) is 15.1. The van der Waals surface area contributed by atoms with E-state index in [1.807, 2.05) is 12.1 Å². The Labute approximate surface area is 160 Å². The first kappa shape index (κ1) is 17.7. The van der Waals surface area contributed by atoms with E-state index in [2.05, 4.69) is 15.3 Å². The van der Waals surface area contributed by atoms with Crippen LogP contribution in [0, 0.1) is 0 Å². The monoisotopic (exact) mass is 374 g/mol. The normalized spacial score (nSPS) is 10.9. The van der Waals surface area contributed by atoms with Crippen LogP contribution in [0.2, 0.25) is 0 Å². The summed E-state index contributed by atoms with van der Waals surface area (Å²) >= 11 is 0. The van der Waals surface area contributed by atoms with Gasteiger partial charge in [-0.2, -0.15) is 0 Å². The number of hydrogen-bond acceptors (Lipinski definition) is 4. The number of aromatic nitrogens is 3. The number of H-pyrrole nitrogens is 1. The number of imidazole rings is 1. The van der Waals surface area contributed by atoms with Gasteiger partial charge >= 0.3 is 5.69 Å². The molecule has 0 spiro atoms. The number of hydrogen-bond donors (Lipinski definition) is 3. The van der Waals surface area contributed by atoms with Crippen molar-refractivity contribution >= 4 is 22.8 Å². The Morgan fingerprint density at radius 3 is 2.79 bits per heavy atom. The van der Waals surface area contributed by atoms with Crippen molar-refractivity contribution in [2.75, 3.05) is 5.32 Å². The number of pyridine rings is 1. The van der Waals surface area contributed by atoms with Gasteiger partial charge in [-0.3, -0.25) is 14.3 Å². The lowest BCUT2D eigenvalue weighted by molar-refractivity contribution is 0.102. The maximum Gasteiger partial charge on any atom is 0.327 e. The highest BCUT2D eigenvalue weighted by Crippen LogP contribution is 2.23. The van der Waals surface area contributed by atoms with Crippen LogP contribution < -0.4 is 11.0 Å². The van der Waals surface area contributed by atoms with Crippen molar-refractivity contribution in [3.63, 3.8) is 0 Å². The number of aryl methyl sites for hydroxylation is 1. The molecular formula is C21H18N4O3. The molecule has 2 heterocycles. The maximum atomic E-state index is 12.6. The van der Waals surface area contributed by atoms with Crippen LogP contribution in [0.15, 0.2) is 65.6 Å². The summed E-state index contributed by atoms with van der Waals surface area (Å²) in [6.07, 6.45) is 1.67. The van der Waals surface area contributed by atoms with Gasteiger partial charge in [0.15, 0.2) is 5.65 Å². The van der Waals surface area contributed by atoms with E-state index in [4.69, 9.17) is 0 Å². The molecule has 0 aliphatic rings. The van der Waals surface area contributed by atoms with Crippen LogP contribution in [-0.2, 0) is 13.7 Å². The van der Waals surface area contributed by atoms with Gasteiger partial charge in [0.25, 0.3) is 5.91 Å². The fourth-order valence-electron chi connectivity index (χ4n) is 3.05. The largest absolute Gasteiger partial charge is 0.392 e. The maximum absolute atomic E-state index is 12.6. The number of nitrogens with one attached hydrogen (secondary N) is 2. The topological polar surface area (TPSA) is 100 Å². The van der Waals surface area contributed by atoms with Gasteiger partial charge in [0.05, 0.1) is 12.1 Å². The molecule has 0 fully saturated rings. The Hall–Kier alpha value is -3.71. The molecule has 0 saturated heterocycles. The van der Waals surface area contributed by atoms with Crippen molar-refractivity contribution in [3.05, 3.63) is 82.4 Å². The van der Waals surface area contributed by atoms with Crippen LogP contribution in [0.3, 0.4) is 0 Å². The van der Waals surface area contributed by atoms with Crippen LogP contribution in [0.5, 0.6) is 0 Å². The standard InChI is InChI=1S/C21H18N4O3/c1-25-18-10-16(11-22-19(18)24-21(25)28)14-5-3-6-15(9-14)20(27)23-17-7-2-4-13(8-17)12-26/h2-11,26H,12H2,1H3,(H,23,27)(H,22,24,28). The lowest BCUT2D eigenvalue weighted by Crippen LogP contribution is -2.12. The first-order chi connectivity index (χ1) is 13.5. The zero-order valence-corrected chi connectivity index (χ0v) is 15.1. The first-order valence-electron chi connectivity index (χ1n) is 8.71. The number of anilines is 1. The second-order valence-electron chi connectivity index (χ2n) is 6.47. The molecule has 7 heteroatoms. The van der Waals surface area contributed by atoms with E-state index >= 15 is 0 Å². The van der Waals surface area contributed by atoms with Gasteiger partial charge in [-0.15, -0.1) is 0 Å². The third-order valence-corrected chi connectivity index (χ3v) is 4.58. The average molecular weight is 374 g/mol. The third-order valence-electron chi connectivity index (χ3n) is 4.58. The van der Waals surface area contributed by atoms with Crippen LogP contribution >= 0.6 is 0 Å². The molecule has 28 heavy (non-hydrogen) atoms. The fraction of sp³-hybridized carbons (Fsp3) is 0.0952. The van der Waals surface area contributed by atoms with Crippen LogP contribution in [-0.4, -0.2) is 25.5 Å². The molecule has 4 rings (SSSR count). The summed E-state index contributed by atoms with van der Waals surface area (Å²) < 4.78 is 1.50. The highest BCUT2D eigenvalue weighted by atomic mass is 16.3. The number of rotatable bonds is 4. The van der Waals surface area contributed by atoms with Crippen molar-refractivity contribution in [2.24, 2.45) is 7.05 Å². The van der Waals surface area contributed by atoms with E-state index in [9.17, 15) is 14.7 Å². The number of aliphatic hydroxyl groups is 1. The summed E-state index contributed by atoms with van der Waals surface area (Å²) in [7, 11) is 1.68. The Bertz CT molecular complexity index is 1240. The molecule has 140 valence electrons. The second kappa shape index (κ2) is 7.13. The molecule has 0 unspecified atom stereocenters. The predicted octanol–water partition coefficient (Wildman–Crippen LogP) is 2.67. The lowest BCUT2D eigenvalue weighted by Gasteiger charge is -2.08. The SMILES string of the molecule is Cn1c(=O)[nH]c2ncc(-c3cccc(C(=O)Nc4cccc(CO)c4)c3)cc21. The lowest BCUT2D eigenvalue weighted by atomic mass is 10.0. The number of carbonyl (C=O) groups is 1. The van der Waals surface area contributed by atoms with E-state index in [1.165, 1.54) is 4.57 Å². The zero-order chi connectivity index (χ0) is 19.7. The van der Waals surface area contributed by atoms with Crippen molar-refractivity contribution in [1.82, 2.24) is 14.5 Å². The third kappa shape index (κ3) is 3.30. The minimum absolute atomic E-state index is 0.0870. The van der Waals surface area contributed by atoms with Gasteiger partial charge in [-0.05, 0) is 41.5 Å². The van der Waals surface area contributed by atoms with Crippen LogP contribution in [0.4, 0.5) is 5.69 Å². The van der Waals surface area contributed by atoms with E-state index in [-0.39, 0.29) is 18.2 Å². The smallest absolute Gasteiger partial charge is 0.327 e. The number of fused-ring (bicyclic) bond motifs is 1. The van der Waals surface area contributed by atoms with E-state index in [1.54, 1.807) is 55.7 Å². The molecular weight excluding hydrogens is 356 g/mol. The minimum atomic E-state index is -0.250. The predicted molar refractivity (Wildman–Crippen MR) is 107 cm³/mol. The van der Waals surface area contributed by atoms with Crippen molar-refractivity contribution in [3.8, 4) is 11.1 Å². The molecule has 0 bridgehead atoms.